The maximum atomic E-state index is 14.4. The molecule has 5 N–H and O–H groups in total. The molecule has 0 spiro atoms. The maximum Gasteiger partial charge on any atom is 0.335 e. The molecule has 5 unspecified atom stereocenters. The number of Topliss-reactive ketones (excluding diaryl/α,β-unsaturated/α-hetero) is 2. The summed E-state index contributed by atoms with van der Waals surface area (Å²) in [6.07, 6.45) is -5.53. The first kappa shape index (κ1) is 28.6. The molecular formula is C32H29NO10. The average molecular weight is 588 g/mol. The number of ketones is 2. The van der Waals surface area contributed by atoms with Crippen molar-refractivity contribution in [2.75, 3.05) is 0 Å². The lowest BCUT2D eigenvalue weighted by Crippen LogP contribution is -2.48. The van der Waals surface area contributed by atoms with Crippen LogP contribution in [0.4, 0.5) is 0 Å². The molecule has 11 heteroatoms. The lowest BCUT2D eigenvalue weighted by molar-refractivity contribution is -0.216. The summed E-state index contributed by atoms with van der Waals surface area (Å²) in [6.45, 7) is 3.23. The standard InChI is InChI=1S/C32H29NO10/c1-14-10-19-24(20(34)11-14)26-27(33(31(19)39)13-16-6-8-17(9-7-16)32(40)41)30(38)25-18(29(26)37)4-3-5-22(25)43-23-12-21(35)28(36)15(2)42-23/h3-11,15,21,23,28,31,34-36,39H,12-13H2,1-2H3,(H,40,41). The van der Waals surface area contributed by atoms with Gasteiger partial charge in [-0.15, -0.1) is 0 Å². The number of carboxylic acids is 1. The van der Waals surface area contributed by atoms with Crippen LogP contribution < -0.4 is 4.74 Å². The third-order valence-electron chi connectivity index (χ3n) is 8.07. The third kappa shape index (κ3) is 4.76. The highest BCUT2D eigenvalue weighted by Crippen LogP contribution is 2.49. The van der Waals surface area contributed by atoms with Crippen LogP contribution in [0.1, 0.15) is 72.9 Å². The van der Waals surface area contributed by atoms with Crippen LogP contribution in [0.2, 0.25) is 0 Å². The first-order chi connectivity index (χ1) is 20.5. The highest BCUT2D eigenvalue weighted by atomic mass is 16.7. The van der Waals surface area contributed by atoms with E-state index in [1.54, 1.807) is 32.0 Å². The molecule has 1 fully saturated rings. The van der Waals surface area contributed by atoms with Gasteiger partial charge in [-0.3, -0.25) is 9.59 Å². The molecule has 2 aliphatic heterocycles. The number of carbonyl (C=O) groups is 3. The number of fused-ring (bicyclic) bond motifs is 3. The minimum Gasteiger partial charge on any atom is -0.507 e. The van der Waals surface area contributed by atoms with Crippen molar-refractivity contribution in [1.82, 2.24) is 4.90 Å². The summed E-state index contributed by atoms with van der Waals surface area (Å²) in [5.74, 6) is -2.56. The molecule has 3 aliphatic rings. The highest BCUT2D eigenvalue weighted by molar-refractivity contribution is 6.41. The largest absolute Gasteiger partial charge is 0.507 e. The predicted molar refractivity (Wildman–Crippen MR) is 150 cm³/mol. The first-order valence-electron chi connectivity index (χ1n) is 13.7. The summed E-state index contributed by atoms with van der Waals surface area (Å²) in [5, 5.41) is 52.2. The van der Waals surface area contributed by atoms with E-state index in [0.717, 1.165) is 0 Å². The van der Waals surface area contributed by atoms with Gasteiger partial charge in [-0.1, -0.05) is 30.3 Å². The average Bonchev–Trinajstić information content (AvgIpc) is 2.96. The Bertz CT molecular complexity index is 1680. The van der Waals surface area contributed by atoms with Crippen molar-refractivity contribution in [1.29, 1.82) is 0 Å². The van der Waals surface area contributed by atoms with E-state index in [0.29, 0.717) is 11.1 Å². The van der Waals surface area contributed by atoms with Crippen molar-refractivity contribution in [3.8, 4) is 11.5 Å². The van der Waals surface area contributed by atoms with E-state index in [4.69, 9.17) is 9.47 Å². The summed E-state index contributed by atoms with van der Waals surface area (Å²) >= 11 is 0. The van der Waals surface area contributed by atoms with E-state index in [2.05, 4.69) is 0 Å². The van der Waals surface area contributed by atoms with Crippen molar-refractivity contribution >= 4 is 23.1 Å². The summed E-state index contributed by atoms with van der Waals surface area (Å²) in [7, 11) is 0. The zero-order chi connectivity index (χ0) is 30.7. The minimum atomic E-state index is -1.44. The van der Waals surface area contributed by atoms with E-state index < -0.39 is 48.4 Å². The molecule has 0 radical (unpaired) electrons. The molecule has 43 heavy (non-hydrogen) atoms. The van der Waals surface area contributed by atoms with Gasteiger partial charge in [-0.2, -0.15) is 0 Å². The van der Waals surface area contributed by atoms with Gasteiger partial charge >= 0.3 is 5.97 Å². The molecule has 1 aliphatic carbocycles. The lowest BCUT2D eigenvalue weighted by Gasteiger charge is -2.40. The Balaban J connectivity index is 1.47. The quantitative estimate of drug-likeness (QED) is 0.297. The van der Waals surface area contributed by atoms with Crippen LogP contribution in [0.3, 0.4) is 0 Å². The SMILES string of the molecule is Cc1cc(O)c2c(c1)C(O)N(Cc1ccc(C(=O)O)cc1)C1=C2C(=O)c2cccc(OC3CC(O)C(O)C(C)O3)c2C1=O. The number of ether oxygens (including phenoxy) is 2. The van der Waals surface area contributed by atoms with Crippen molar-refractivity contribution in [3.05, 3.63) is 99.2 Å². The van der Waals surface area contributed by atoms with Crippen molar-refractivity contribution in [2.24, 2.45) is 0 Å². The summed E-state index contributed by atoms with van der Waals surface area (Å²) < 4.78 is 11.7. The number of rotatable bonds is 5. The zero-order valence-electron chi connectivity index (χ0n) is 23.2. The van der Waals surface area contributed by atoms with E-state index in [9.17, 15) is 39.9 Å². The normalized spacial score (nSPS) is 24.8. The Morgan fingerprint density at radius 3 is 2.42 bits per heavy atom. The lowest BCUT2D eigenvalue weighted by atomic mass is 9.78. The van der Waals surface area contributed by atoms with Gasteiger partial charge in [0.1, 0.15) is 23.3 Å². The number of carbonyl (C=O) groups excluding carboxylic acids is 2. The molecule has 6 rings (SSSR count). The molecule has 1 saturated heterocycles. The molecule has 11 nitrogen and oxygen atoms in total. The van der Waals surface area contributed by atoms with Gasteiger partial charge in [0.15, 0.2) is 12.0 Å². The monoisotopic (exact) mass is 587 g/mol. The molecule has 0 saturated carbocycles. The number of aromatic hydroxyl groups is 1. The van der Waals surface area contributed by atoms with Gasteiger partial charge in [-0.05, 0) is 49.2 Å². The second-order valence-electron chi connectivity index (χ2n) is 11.0. The molecule has 3 aromatic rings. The number of aliphatic hydroxyl groups is 3. The van der Waals surface area contributed by atoms with Crippen LogP contribution in [0.25, 0.3) is 5.57 Å². The van der Waals surface area contributed by atoms with Crippen LogP contribution >= 0.6 is 0 Å². The Morgan fingerprint density at radius 1 is 1.02 bits per heavy atom. The number of allylic oxidation sites excluding steroid dienone is 2. The molecule has 5 atom stereocenters. The predicted octanol–water partition coefficient (Wildman–Crippen LogP) is 2.93. The molecule has 0 amide bonds. The van der Waals surface area contributed by atoms with Gasteiger partial charge in [0.2, 0.25) is 12.1 Å². The van der Waals surface area contributed by atoms with Crippen LogP contribution in [-0.4, -0.2) is 72.6 Å². The van der Waals surface area contributed by atoms with Gasteiger partial charge in [0.05, 0.1) is 28.9 Å². The fourth-order valence-electron chi connectivity index (χ4n) is 5.95. The van der Waals surface area contributed by atoms with Crippen molar-refractivity contribution < 1.29 is 49.4 Å². The van der Waals surface area contributed by atoms with E-state index in [1.165, 1.54) is 41.3 Å². The Hall–Kier alpha value is -4.55. The number of benzene rings is 3. The number of carboxylic acid groups (broad SMARTS) is 1. The first-order valence-corrected chi connectivity index (χ1v) is 13.7. The smallest absolute Gasteiger partial charge is 0.335 e. The topological polar surface area (TPSA) is 174 Å². The number of hydrogen-bond acceptors (Lipinski definition) is 10. The van der Waals surface area contributed by atoms with Gasteiger partial charge in [0.25, 0.3) is 0 Å². The van der Waals surface area contributed by atoms with E-state index >= 15 is 0 Å². The fraction of sp³-hybridized carbons (Fsp3) is 0.281. The number of aromatic carboxylic acids is 1. The van der Waals surface area contributed by atoms with Crippen molar-refractivity contribution in [3.63, 3.8) is 0 Å². The molecule has 0 aromatic heterocycles. The molecule has 2 heterocycles. The minimum absolute atomic E-state index is 0.0161. The number of phenolic OH excluding ortho intramolecular Hbond substituents is 1. The van der Waals surface area contributed by atoms with Crippen LogP contribution in [-0.2, 0) is 11.3 Å². The van der Waals surface area contributed by atoms with E-state index in [1.807, 2.05) is 0 Å². The third-order valence-corrected chi connectivity index (χ3v) is 8.07. The molecular weight excluding hydrogens is 558 g/mol. The Kier molecular flexibility index (Phi) is 7.05. The van der Waals surface area contributed by atoms with Crippen molar-refractivity contribution in [2.45, 2.75) is 57.6 Å². The molecule has 3 aromatic carbocycles. The second kappa shape index (κ2) is 10.6. The van der Waals surface area contributed by atoms with E-state index in [-0.39, 0.29) is 63.6 Å². The maximum absolute atomic E-state index is 14.4. The number of phenols is 1. The number of aryl methyl sites for hydroxylation is 1. The highest BCUT2D eigenvalue weighted by Gasteiger charge is 2.45. The Labute approximate surface area is 245 Å². The number of aliphatic hydroxyl groups excluding tert-OH is 3. The second-order valence-corrected chi connectivity index (χ2v) is 11.0. The summed E-state index contributed by atoms with van der Waals surface area (Å²) in [6, 6.07) is 13.5. The van der Waals surface area contributed by atoms with Crippen LogP contribution in [0.15, 0.2) is 60.3 Å². The zero-order valence-corrected chi connectivity index (χ0v) is 23.2. The molecule has 0 bridgehead atoms. The fourth-order valence-corrected chi connectivity index (χ4v) is 5.95. The molecule has 222 valence electrons. The summed E-state index contributed by atoms with van der Waals surface area (Å²) in [5.41, 5.74) is 1.28. The summed E-state index contributed by atoms with van der Waals surface area (Å²) in [4.78, 5) is 41.3. The van der Waals surface area contributed by atoms with Gasteiger partial charge in [0, 0.05) is 29.7 Å². The van der Waals surface area contributed by atoms with Gasteiger partial charge in [-0.25, -0.2) is 4.79 Å². The van der Waals surface area contributed by atoms with Gasteiger partial charge < -0.3 is 39.9 Å². The number of nitrogens with zero attached hydrogens (tertiary/aromatic N) is 1. The van der Waals surface area contributed by atoms with Crippen LogP contribution in [0, 0.1) is 6.92 Å². The van der Waals surface area contributed by atoms with Crippen LogP contribution in [0.5, 0.6) is 11.5 Å². The Morgan fingerprint density at radius 2 is 1.74 bits per heavy atom. The number of hydrogen-bond donors (Lipinski definition) is 5.